The first-order valence-corrected chi connectivity index (χ1v) is 5.99. The van der Waals surface area contributed by atoms with Crippen molar-refractivity contribution in [2.24, 2.45) is 0 Å². The molecule has 0 unspecified atom stereocenters. The van der Waals surface area contributed by atoms with Gasteiger partial charge in [0.1, 0.15) is 0 Å². The Labute approximate surface area is 103 Å². The van der Waals surface area contributed by atoms with E-state index in [-0.39, 0.29) is 6.04 Å². The van der Waals surface area contributed by atoms with Crippen molar-refractivity contribution >= 4 is 0 Å². The van der Waals surface area contributed by atoms with E-state index in [2.05, 4.69) is 54.5 Å². The van der Waals surface area contributed by atoms with E-state index in [0.29, 0.717) is 6.04 Å². The number of nitrogens with zero attached hydrogens (tertiary/aromatic N) is 1. The average Bonchev–Trinajstić information content (AvgIpc) is 2.40. The summed E-state index contributed by atoms with van der Waals surface area (Å²) in [6.45, 7) is 4.32. The highest BCUT2D eigenvalue weighted by Crippen LogP contribution is 2.17. The molecule has 2 atom stereocenters. The van der Waals surface area contributed by atoms with Crippen molar-refractivity contribution < 1.29 is 0 Å². The first kappa shape index (κ1) is 11.8. The van der Waals surface area contributed by atoms with Gasteiger partial charge in [0, 0.05) is 18.3 Å². The van der Waals surface area contributed by atoms with Gasteiger partial charge in [0.25, 0.3) is 0 Å². The number of hydrogen-bond acceptors (Lipinski definition) is 2. The summed E-state index contributed by atoms with van der Waals surface area (Å²) in [5, 5.41) is 3.55. The molecule has 0 amide bonds. The molecule has 2 rings (SSSR count). The van der Waals surface area contributed by atoms with E-state index in [1.165, 1.54) is 5.56 Å². The minimum absolute atomic E-state index is 0.256. The molecule has 0 saturated heterocycles. The second-order valence-corrected chi connectivity index (χ2v) is 4.28. The van der Waals surface area contributed by atoms with Crippen LogP contribution in [0.15, 0.2) is 54.7 Å². The minimum Gasteiger partial charge on any atom is -0.302 e. The monoisotopic (exact) mass is 226 g/mol. The van der Waals surface area contributed by atoms with Crippen LogP contribution in [0.1, 0.15) is 37.2 Å². The Kier molecular flexibility index (Phi) is 3.89. The fourth-order valence-electron chi connectivity index (χ4n) is 1.93. The maximum absolute atomic E-state index is 4.36. The average molecular weight is 226 g/mol. The van der Waals surface area contributed by atoms with E-state index in [1.807, 2.05) is 24.4 Å². The highest BCUT2D eigenvalue weighted by atomic mass is 15.0. The molecule has 0 bridgehead atoms. The molecule has 0 aliphatic heterocycles. The summed E-state index contributed by atoms with van der Waals surface area (Å²) in [5.74, 6) is 0. The first-order chi connectivity index (χ1) is 8.27. The van der Waals surface area contributed by atoms with Crippen LogP contribution >= 0.6 is 0 Å². The van der Waals surface area contributed by atoms with Crippen molar-refractivity contribution in [3.05, 3.63) is 66.0 Å². The van der Waals surface area contributed by atoms with Gasteiger partial charge in [-0.15, -0.1) is 0 Å². The number of benzene rings is 1. The van der Waals surface area contributed by atoms with Crippen molar-refractivity contribution in [1.29, 1.82) is 0 Å². The standard InChI is InChI=1S/C15H18N2/c1-12(14-8-4-3-5-9-14)17-13(2)15-10-6-7-11-16-15/h3-13,17H,1-2H3/t12-,13-/m1/s1. The Bertz CT molecular complexity index is 395. The Morgan fingerprint density at radius 3 is 2.24 bits per heavy atom. The predicted octanol–water partition coefficient (Wildman–Crippen LogP) is 3.49. The van der Waals surface area contributed by atoms with Crippen LogP contribution in [0, 0.1) is 0 Å². The summed E-state index contributed by atoms with van der Waals surface area (Å²) in [6.07, 6.45) is 1.83. The van der Waals surface area contributed by atoms with Crippen molar-refractivity contribution in [3.8, 4) is 0 Å². The maximum atomic E-state index is 4.36. The molecule has 2 nitrogen and oxygen atoms in total. The van der Waals surface area contributed by atoms with Crippen LogP contribution in [-0.2, 0) is 0 Å². The summed E-state index contributed by atoms with van der Waals surface area (Å²) in [4.78, 5) is 4.36. The molecule has 2 aromatic rings. The summed E-state index contributed by atoms with van der Waals surface area (Å²) in [6, 6.07) is 17.1. The Balaban J connectivity index is 2.02. The number of rotatable bonds is 4. The highest BCUT2D eigenvalue weighted by molar-refractivity contribution is 5.19. The van der Waals surface area contributed by atoms with Gasteiger partial charge >= 0.3 is 0 Å². The number of nitrogens with one attached hydrogen (secondary N) is 1. The minimum atomic E-state index is 0.256. The molecule has 0 radical (unpaired) electrons. The van der Waals surface area contributed by atoms with Gasteiger partial charge in [0.15, 0.2) is 0 Å². The maximum Gasteiger partial charge on any atom is 0.0570 e. The lowest BCUT2D eigenvalue weighted by Gasteiger charge is -2.19. The summed E-state index contributed by atoms with van der Waals surface area (Å²) in [5.41, 5.74) is 2.38. The second-order valence-electron chi connectivity index (χ2n) is 4.28. The zero-order valence-corrected chi connectivity index (χ0v) is 10.3. The quantitative estimate of drug-likeness (QED) is 0.863. The van der Waals surface area contributed by atoms with E-state index in [1.54, 1.807) is 0 Å². The third-order valence-electron chi connectivity index (χ3n) is 2.93. The van der Waals surface area contributed by atoms with Crippen LogP contribution in [0.3, 0.4) is 0 Å². The molecular weight excluding hydrogens is 208 g/mol. The fourth-order valence-corrected chi connectivity index (χ4v) is 1.93. The molecule has 1 heterocycles. The largest absolute Gasteiger partial charge is 0.302 e. The van der Waals surface area contributed by atoms with Crippen LogP contribution in [0.2, 0.25) is 0 Å². The number of pyridine rings is 1. The molecule has 0 spiro atoms. The lowest BCUT2D eigenvalue weighted by atomic mass is 10.1. The summed E-state index contributed by atoms with van der Waals surface area (Å²) >= 11 is 0. The van der Waals surface area contributed by atoms with Crippen LogP contribution < -0.4 is 5.32 Å². The van der Waals surface area contributed by atoms with Crippen LogP contribution in [0.5, 0.6) is 0 Å². The van der Waals surface area contributed by atoms with Crippen molar-refractivity contribution in [3.63, 3.8) is 0 Å². The van der Waals surface area contributed by atoms with Crippen LogP contribution in [0.4, 0.5) is 0 Å². The van der Waals surface area contributed by atoms with E-state index < -0.39 is 0 Å². The third kappa shape index (κ3) is 3.14. The Morgan fingerprint density at radius 2 is 1.59 bits per heavy atom. The molecule has 0 saturated carbocycles. The third-order valence-corrected chi connectivity index (χ3v) is 2.93. The van der Waals surface area contributed by atoms with E-state index in [9.17, 15) is 0 Å². The first-order valence-electron chi connectivity index (χ1n) is 5.99. The zero-order valence-electron chi connectivity index (χ0n) is 10.3. The van der Waals surface area contributed by atoms with E-state index in [4.69, 9.17) is 0 Å². The van der Waals surface area contributed by atoms with Gasteiger partial charge in [-0.05, 0) is 31.5 Å². The summed E-state index contributed by atoms with van der Waals surface area (Å²) in [7, 11) is 0. The topological polar surface area (TPSA) is 24.9 Å². The van der Waals surface area contributed by atoms with Gasteiger partial charge in [0.05, 0.1) is 5.69 Å². The van der Waals surface area contributed by atoms with Gasteiger partial charge < -0.3 is 5.32 Å². The van der Waals surface area contributed by atoms with Crippen molar-refractivity contribution in [2.45, 2.75) is 25.9 Å². The normalized spacial score (nSPS) is 14.2. The molecule has 17 heavy (non-hydrogen) atoms. The Morgan fingerprint density at radius 1 is 0.882 bits per heavy atom. The van der Waals surface area contributed by atoms with E-state index >= 15 is 0 Å². The molecule has 0 aliphatic carbocycles. The van der Waals surface area contributed by atoms with Gasteiger partial charge in [-0.2, -0.15) is 0 Å². The van der Waals surface area contributed by atoms with E-state index in [0.717, 1.165) is 5.69 Å². The zero-order chi connectivity index (χ0) is 12.1. The fraction of sp³-hybridized carbons (Fsp3) is 0.267. The predicted molar refractivity (Wildman–Crippen MR) is 70.6 cm³/mol. The van der Waals surface area contributed by atoms with Crippen LogP contribution in [-0.4, -0.2) is 4.98 Å². The summed E-state index contributed by atoms with van der Waals surface area (Å²) < 4.78 is 0. The molecule has 1 aromatic carbocycles. The van der Waals surface area contributed by atoms with Gasteiger partial charge in [-0.3, -0.25) is 4.98 Å². The molecule has 1 N–H and O–H groups in total. The molecule has 0 fully saturated rings. The van der Waals surface area contributed by atoms with Crippen molar-refractivity contribution in [2.75, 3.05) is 0 Å². The lowest BCUT2D eigenvalue weighted by molar-refractivity contribution is 0.486. The second kappa shape index (κ2) is 5.60. The van der Waals surface area contributed by atoms with Gasteiger partial charge in [-0.1, -0.05) is 36.4 Å². The SMILES string of the molecule is C[C@@H](N[C@H](C)c1ccccn1)c1ccccc1. The molecule has 2 heteroatoms. The highest BCUT2D eigenvalue weighted by Gasteiger charge is 2.10. The number of aromatic nitrogens is 1. The Hall–Kier alpha value is -1.67. The van der Waals surface area contributed by atoms with Crippen LogP contribution in [0.25, 0.3) is 0 Å². The lowest BCUT2D eigenvalue weighted by Crippen LogP contribution is -2.23. The molecule has 0 aliphatic rings. The number of hydrogen-bond donors (Lipinski definition) is 1. The molecule has 1 aromatic heterocycles. The molecule has 88 valence electrons. The van der Waals surface area contributed by atoms with Crippen molar-refractivity contribution in [1.82, 2.24) is 10.3 Å². The molecular formula is C15H18N2. The smallest absolute Gasteiger partial charge is 0.0570 e. The van der Waals surface area contributed by atoms with Gasteiger partial charge in [-0.25, -0.2) is 0 Å². The van der Waals surface area contributed by atoms with Gasteiger partial charge in [0.2, 0.25) is 0 Å².